The van der Waals surface area contributed by atoms with E-state index in [1.807, 2.05) is 24.4 Å². The van der Waals surface area contributed by atoms with Gasteiger partial charge in [-0.1, -0.05) is 12.1 Å². The Morgan fingerprint density at radius 3 is 3.00 bits per heavy atom. The number of phenolic OH excluding ortho intramolecular Hbond substituents is 1. The first-order valence-electron chi connectivity index (χ1n) is 7.37. The molecule has 1 aromatic carbocycles. The molecule has 1 aliphatic rings. The van der Waals surface area contributed by atoms with E-state index in [1.54, 1.807) is 18.3 Å². The maximum atomic E-state index is 12.4. The molecule has 3 rings (SSSR count). The quantitative estimate of drug-likeness (QED) is 0.860. The van der Waals surface area contributed by atoms with Gasteiger partial charge in [0.25, 0.3) is 0 Å². The smallest absolute Gasteiger partial charge is 0.243 e. The predicted molar refractivity (Wildman–Crippen MR) is 86.9 cm³/mol. The molecule has 5 nitrogen and oxygen atoms in total. The fourth-order valence-electron chi connectivity index (χ4n) is 2.50. The van der Waals surface area contributed by atoms with Crippen molar-refractivity contribution >= 4 is 22.4 Å². The molecule has 22 heavy (non-hydrogen) atoms. The number of benzene rings is 1. The summed E-state index contributed by atoms with van der Waals surface area (Å²) >= 11 is 1.42. The Hall–Kier alpha value is -1.92. The van der Waals surface area contributed by atoms with Gasteiger partial charge in [-0.3, -0.25) is 9.69 Å². The molecular weight excluding hydrogens is 298 g/mol. The third-order valence-corrected chi connectivity index (χ3v) is 4.52. The summed E-state index contributed by atoms with van der Waals surface area (Å²) in [5.41, 5.74) is 1.01. The standard InChI is InChI=1S/C16H19N3O2S/c1-11(15(21)18-16-17-7-8-22-16)19(13-5-6-13)10-12-3-2-4-14(20)9-12/h2-4,7-9,11,13,20H,5-6,10H2,1H3,(H,17,18,21)/t11-/m0/s1. The minimum absolute atomic E-state index is 0.0398. The lowest BCUT2D eigenvalue weighted by atomic mass is 10.1. The Kier molecular flexibility index (Phi) is 4.40. The van der Waals surface area contributed by atoms with E-state index in [0.717, 1.165) is 18.4 Å². The molecule has 0 aliphatic heterocycles. The Balaban J connectivity index is 1.69. The highest BCUT2D eigenvalue weighted by molar-refractivity contribution is 7.13. The predicted octanol–water partition coefficient (Wildman–Crippen LogP) is 2.84. The number of aromatic hydroxyl groups is 1. The zero-order chi connectivity index (χ0) is 15.5. The van der Waals surface area contributed by atoms with E-state index in [9.17, 15) is 9.90 Å². The second kappa shape index (κ2) is 6.46. The number of aromatic nitrogens is 1. The Morgan fingerprint density at radius 2 is 2.36 bits per heavy atom. The zero-order valence-corrected chi connectivity index (χ0v) is 13.2. The van der Waals surface area contributed by atoms with Crippen molar-refractivity contribution in [2.24, 2.45) is 0 Å². The van der Waals surface area contributed by atoms with Crippen molar-refractivity contribution in [1.29, 1.82) is 0 Å². The zero-order valence-electron chi connectivity index (χ0n) is 12.4. The summed E-state index contributed by atoms with van der Waals surface area (Å²) in [4.78, 5) is 18.7. The summed E-state index contributed by atoms with van der Waals surface area (Å²) in [6.45, 7) is 2.58. The molecule has 2 N–H and O–H groups in total. The number of carbonyl (C=O) groups excluding carboxylic acids is 1. The molecule has 2 aromatic rings. The minimum Gasteiger partial charge on any atom is -0.508 e. The van der Waals surface area contributed by atoms with Crippen molar-refractivity contribution in [3.63, 3.8) is 0 Å². The van der Waals surface area contributed by atoms with E-state index in [-0.39, 0.29) is 17.7 Å². The van der Waals surface area contributed by atoms with E-state index in [4.69, 9.17) is 0 Å². The number of nitrogens with zero attached hydrogens (tertiary/aromatic N) is 2. The topological polar surface area (TPSA) is 65.5 Å². The van der Waals surface area contributed by atoms with Gasteiger partial charge in [0, 0.05) is 24.2 Å². The van der Waals surface area contributed by atoms with E-state index in [1.165, 1.54) is 11.3 Å². The van der Waals surface area contributed by atoms with Crippen LogP contribution in [0, 0.1) is 0 Å². The Morgan fingerprint density at radius 1 is 1.55 bits per heavy atom. The number of hydrogen-bond acceptors (Lipinski definition) is 5. The second-order valence-corrected chi connectivity index (χ2v) is 6.47. The highest BCUT2D eigenvalue weighted by atomic mass is 32.1. The molecular formula is C16H19N3O2S. The van der Waals surface area contributed by atoms with Crippen LogP contribution in [-0.2, 0) is 11.3 Å². The number of phenols is 1. The molecule has 1 saturated carbocycles. The van der Waals surface area contributed by atoms with E-state index >= 15 is 0 Å². The van der Waals surface area contributed by atoms with Gasteiger partial charge in [-0.25, -0.2) is 4.98 Å². The van der Waals surface area contributed by atoms with Gasteiger partial charge in [-0.15, -0.1) is 11.3 Å². The molecule has 0 radical (unpaired) electrons. The Bertz CT molecular complexity index is 641. The van der Waals surface area contributed by atoms with Crippen LogP contribution < -0.4 is 5.32 Å². The summed E-state index contributed by atoms with van der Waals surface area (Å²) in [7, 11) is 0. The van der Waals surface area contributed by atoms with E-state index < -0.39 is 0 Å². The number of hydrogen-bond donors (Lipinski definition) is 2. The maximum Gasteiger partial charge on any atom is 0.243 e. The lowest BCUT2D eigenvalue weighted by Crippen LogP contribution is -2.42. The number of carbonyl (C=O) groups is 1. The summed E-state index contributed by atoms with van der Waals surface area (Å²) in [6, 6.07) is 7.42. The normalized spacial score (nSPS) is 15.7. The number of anilines is 1. The van der Waals surface area contributed by atoms with Gasteiger partial charge in [0.05, 0.1) is 6.04 Å². The number of amides is 1. The van der Waals surface area contributed by atoms with Crippen LogP contribution >= 0.6 is 11.3 Å². The first kappa shape index (κ1) is 15.0. The van der Waals surface area contributed by atoms with Gasteiger partial charge in [0.15, 0.2) is 5.13 Å². The molecule has 0 saturated heterocycles. The summed E-state index contributed by atoms with van der Waals surface area (Å²) < 4.78 is 0. The average molecular weight is 317 g/mol. The number of thiazole rings is 1. The molecule has 1 fully saturated rings. The molecule has 1 heterocycles. The van der Waals surface area contributed by atoms with Crippen molar-refractivity contribution in [3.8, 4) is 5.75 Å². The molecule has 0 unspecified atom stereocenters. The van der Waals surface area contributed by atoms with Crippen LogP contribution in [0.3, 0.4) is 0 Å². The number of rotatable bonds is 6. The second-order valence-electron chi connectivity index (χ2n) is 5.58. The summed E-state index contributed by atoms with van der Waals surface area (Å²) in [5, 5.41) is 14.9. The van der Waals surface area contributed by atoms with Crippen LogP contribution in [0.5, 0.6) is 5.75 Å². The van der Waals surface area contributed by atoms with E-state index in [0.29, 0.717) is 17.7 Å². The van der Waals surface area contributed by atoms with Crippen LogP contribution in [0.25, 0.3) is 0 Å². The van der Waals surface area contributed by atoms with Gasteiger partial charge in [-0.2, -0.15) is 0 Å². The summed E-state index contributed by atoms with van der Waals surface area (Å²) in [6.07, 6.45) is 3.91. The third-order valence-electron chi connectivity index (χ3n) is 3.83. The van der Waals surface area contributed by atoms with Gasteiger partial charge < -0.3 is 10.4 Å². The SMILES string of the molecule is C[C@@H](C(=O)Nc1nccs1)N(Cc1cccc(O)c1)C1CC1. The summed E-state index contributed by atoms with van der Waals surface area (Å²) in [5.74, 6) is 0.218. The molecule has 0 spiro atoms. The molecule has 6 heteroatoms. The largest absolute Gasteiger partial charge is 0.508 e. The third kappa shape index (κ3) is 3.64. The molecule has 1 aliphatic carbocycles. The van der Waals surface area contributed by atoms with Crippen LogP contribution in [0.15, 0.2) is 35.8 Å². The average Bonchev–Trinajstić information content (AvgIpc) is 3.21. The molecule has 1 aromatic heterocycles. The van der Waals surface area contributed by atoms with Crippen molar-refractivity contribution in [1.82, 2.24) is 9.88 Å². The molecule has 1 atom stereocenters. The van der Waals surface area contributed by atoms with Crippen molar-refractivity contribution < 1.29 is 9.90 Å². The van der Waals surface area contributed by atoms with Crippen molar-refractivity contribution in [2.45, 2.75) is 38.4 Å². The first-order chi connectivity index (χ1) is 10.6. The molecule has 1 amide bonds. The first-order valence-corrected chi connectivity index (χ1v) is 8.25. The molecule has 0 bridgehead atoms. The van der Waals surface area contributed by atoms with Crippen LogP contribution in [0.1, 0.15) is 25.3 Å². The van der Waals surface area contributed by atoms with Crippen molar-refractivity contribution in [2.75, 3.05) is 5.32 Å². The fourth-order valence-corrected chi connectivity index (χ4v) is 3.03. The van der Waals surface area contributed by atoms with E-state index in [2.05, 4.69) is 15.2 Å². The van der Waals surface area contributed by atoms with Crippen LogP contribution in [-0.4, -0.2) is 33.0 Å². The fraction of sp³-hybridized carbons (Fsp3) is 0.375. The van der Waals surface area contributed by atoms with Crippen LogP contribution in [0.4, 0.5) is 5.13 Å². The number of nitrogens with one attached hydrogen (secondary N) is 1. The lowest BCUT2D eigenvalue weighted by Gasteiger charge is -2.28. The highest BCUT2D eigenvalue weighted by Crippen LogP contribution is 2.31. The monoisotopic (exact) mass is 317 g/mol. The maximum absolute atomic E-state index is 12.4. The van der Waals surface area contributed by atoms with Gasteiger partial charge in [0.1, 0.15) is 5.75 Å². The highest BCUT2D eigenvalue weighted by Gasteiger charge is 2.35. The van der Waals surface area contributed by atoms with Gasteiger partial charge in [0.2, 0.25) is 5.91 Å². The van der Waals surface area contributed by atoms with Gasteiger partial charge >= 0.3 is 0 Å². The van der Waals surface area contributed by atoms with Crippen LogP contribution in [0.2, 0.25) is 0 Å². The Labute approximate surface area is 133 Å². The van der Waals surface area contributed by atoms with Crippen molar-refractivity contribution in [3.05, 3.63) is 41.4 Å². The minimum atomic E-state index is -0.237. The lowest BCUT2D eigenvalue weighted by molar-refractivity contribution is -0.121. The molecule has 116 valence electrons. The van der Waals surface area contributed by atoms with Gasteiger partial charge in [-0.05, 0) is 37.5 Å².